The standard InChI is InChI=1S/C13H19BrN4O3/c1-13(3-5-15-6-4-13)17-9-7-16-18(8-10(19)21-2)12(20)11(9)14/h7,15,17H,3-6,8H2,1-2H3. The minimum atomic E-state index is -0.512. The minimum absolute atomic E-state index is 0.0730. The largest absolute Gasteiger partial charge is 0.468 e. The molecule has 0 saturated carbocycles. The molecule has 0 unspecified atom stereocenters. The molecule has 2 N–H and O–H groups in total. The van der Waals surface area contributed by atoms with Crippen LogP contribution in [0.2, 0.25) is 0 Å². The maximum absolute atomic E-state index is 12.2. The molecule has 1 aliphatic rings. The number of nitrogens with one attached hydrogen (secondary N) is 2. The number of hydrogen-bond donors (Lipinski definition) is 2. The maximum Gasteiger partial charge on any atom is 0.327 e. The quantitative estimate of drug-likeness (QED) is 0.772. The predicted octanol–water partition coefficient (Wildman–Crippen LogP) is 0.733. The second kappa shape index (κ2) is 6.57. The van der Waals surface area contributed by atoms with E-state index in [1.807, 2.05) is 0 Å². The second-order valence-electron chi connectivity index (χ2n) is 5.35. The first-order valence-electron chi connectivity index (χ1n) is 6.76. The molecule has 1 fully saturated rings. The fraction of sp³-hybridized carbons (Fsp3) is 0.615. The van der Waals surface area contributed by atoms with Crippen molar-refractivity contribution in [2.75, 3.05) is 25.5 Å². The Kier molecular flexibility index (Phi) is 5.00. The van der Waals surface area contributed by atoms with E-state index in [0.717, 1.165) is 30.6 Å². The third-order valence-corrected chi connectivity index (χ3v) is 4.40. The first-order chi connectivity index (χ1) is 9.95. The van der Waals surface area contributed by atoms with Crippen LogP contribution in [0.4, 0.5) is 5.69 Å². The lowest BCUT2D eigenvalue weighted by atomic mass is 9.90. The van der Waals surface area contributed by atoms with E-state index >= 15 is 0 Å². The molecule has 0 bridgehead atoms. The van der Waals surface area contributed by atoms with Crippen molar-refractivity contribution in [1.82, 2.24) is 15.1 Å². The van der Waals surface area contributed by atoms with Gasteiger partial charge in [0.1, 0.15) is 11.0 Å². The van der Waals surface area contributed by atoms with Crippen molar-refractivity contribution in [3.05, 3.63) is 21.0 Å². The number of carbonyl (C=O) groups excluding carboxylic acids is 1. The summed E-state index contributed by atoms with van der Waals surface area (Å²) in [6.07, 6.45) is 3.48. The first-order valence-corrected chi connectivity index (χ1v) is 7.56. The molecule has 0 amide bonds. The highest BCUT2D eigenvalue weighted by molar-refractivity contribution is 9.10. The summed E-state index contributed by atoms with van der Waals surface area (Å²) in [5.74, 6) is -0.512. The Morgan fingerprint density at radius 3 is 2.86 bits per heavy atom. The number of esters is 1. The normalized spacial score (nSPS) is 17.3. The number of hydrogen-bond acceptors (Lipinski definition) is 6. The van der Waals surface area contributed by atoms with E-state index in [-0.39, 0.29) is 17.6 Å². The van der Waals surface area contributed by atoms with Crippen molar-refractivity contribution in [3.63, 3.8) is 0 Å². The highest BCUT2D eigenvalue weighted by Gasteiger charge is 2.27. The Hall–Kier alpha value is -1.41. The van der Waals surface area contributed by atoms with E-state index in [1.165, 1.54) is 7.11 Å². The molecule has 7 nitrogen and oxygen atoms in total. The Bertz CT molecular complexity index is 581. The van der Waals surface area contributed by atoms with Crippen molar-refractivity contribution >= 4 is 27.6 Å². The molecule has 116 valence electrons. The molecule has 1 saturated heterocycles. The molecular weight excluding hydrogens is 340 g/mol. The van der Waals surface area contributed by atoms with E-state index < -0.39 is 5.97 Å². The number of aromatic nitrogens is 2. The van der Waals surface area contributed by atoms with Crippen LogP contribution in [0.5, 0.6) is 0 Å². The Labute approximate surface area is 131 Å². The minimum Gasteiger partial charge on any atom is -0.468 e. The number of anilines is 1. The molecule has 1 aliphatic heterocycles. The van der Waals surface area contributed by atoms with Gasteiger partial charge < -0.3 is 15.4 Å². The van der Waals surface area contributed by atoms with Crippen LogP contribution in [0.1, 0.15) is 19.8 Å². The molecule has 0 aliphatic carbocycles. The van der Waals surface area contributed by atoms with Gasteiger partial charge in [-0.25, -0.2) is 4.68 Å². The average molecular weight is 359 g/mol. The SMILES string of the molecule is COC(=O)Cn1ncc(NC2(C)CCNCC2)c(Br)c1=O. The van der Waals surface area contributed by atoms with Crippen LogP contribution in [0.3, 0.4) is 0 Å². The van der Waals surface area contributed by atoms with E-state index in [9.17, 15) is 9.59 Å². The Morgan fingerprint density at radius 2 is 2.24 bits per heavy atom. The summed E-state index contributed by atoms with van der Waals surface area (Å²) < 4.78 is 5.99. The van der Waals surface area contributed by atoms with E-state index in [0.29, 0.717) is 10.2 Å². The topological polar surface area (TPSA) is 85.2 Å². The molecule has 0 aromatic carbocycles. The van der Waals surface area contributed by atoms with Gasteiger partial charge in [0.15, 0.2) is 0 Å². The molecule has 1 aromatic rings. The second-order valence-corrected chi connectivity index (χ2v) is 6.14. The maximum atomic E-state index is 12.2. The Balaban J connectivity index is 2.20. The molecule has 21 heavy (non-hydrogen) atoms. The third-order valence-electron chi connectivity index (χ3n) is 3.63. The fourth-order valence-corrected chi connectivity index (χ4v) is 2.69. The Morgan fingerprint density at radius 1 is 1.57 bits per heavy atom. The number of ether oxygens (including phenoxy) is 1. The molecule has 0 spiro atoms. The molecule has 8 heteroatoms. The molecule has 0 radical (unpaired) electrons. The predicted molar refractivity (Wildman–Crippen MR) is 82.3 cm³/mol. The summed E-state index contributed by atoms with van der Waals surface area (Å²) in [6, 6.07) is 0. The van der Waals surface area contributed by atoms with E-state index in [1.54, 1.807) is 6.20 Å². The molecule has 1 aromatic heterocycles. The summed E-state index contributed by atoms with van der Waals surface area (Å²) in [4.78, 5) is 23.4. The summed E-state index contributed by atoms with van der Waals surface area (Å²) in [5.41, 5.74) is 0.213. The molecule has 0 atom stereocenters. The zero-order chi connectivity index (χ0) is 15.5. The van der Waals surface area contributed by atoms with Gasteiger partial charge in [0, 0.05) is 5.54 Å². The smallest absolute Gasteiger partial charge is 0.327 e. The van der Waals surface area contributed by atoms with Crippen LogP contribution in [-0.4, -0.2) is 41.5 Å². The average Bonchev–Trinajstić information content (AvgIpc) is 2.47. The van der Waals surface area contributed by atoms with Crippen molar-refractivity contribution in [2.24, 2.45) is 0 Å². The van der Waals surface area contributed by atoms with Crippen LogP contribution in [0, 0.1) is 0 Å². The van der Waals surface area contributed by atoms with Gasteiger partial charge in [-0.3, -0.25) is 9.59 Å². The van der Waals surface area contributed by atoms with Gasteiger partial charge in [0.25, 0.3) is 5.56 Å². The van der Waals surface area contributed by atoms with Crippen molar-refractivity contribution < 1.29 is 9.53 Å². The molecule has 2 heterocycles. The van der Waals surface area contributed by atoms with Gasteiger partial charge in [-0.2, -0.15) is 5.10 Å². The van der Waals surface area contributed by atoms with Gasteiger partial charge in [-0.1, -0.05) is 0 Å². The van der Waals surface area contributed by atoms with Crippen LogP contribution in [0.15, 0.2) is 15.5 Å². The molecule has 2 rings (SSSR count). The van der Waals surface area contributed by atoms with Gasteiger partial charge in [0.2, 0.25) is 0 Å². The van der Waals surface area contributed by atoms with E-state index in [4.69, 9.17) is 0 Å². The van der Waals surface area contributed by atoms with Crippen molar-refractivity contribution in [3.8, 4) is 0 Å². The zero-order valence-corrected chi connectivity index (χ0v) is 13.7. The number of nitrogens with zero attached hydrogens (tertiary/aromatic N) is 2. The third kappa shape index (κ3) is 3.82. The lowest BCUT2D eigenvalue weighted by Crippen LogP contribution is -2.45. The van der Waals surface area contributed by atoms with Crippen LogP contribution < -0.4 is 16.2 Å². The summed E-state index contributed by atoms with van der Waals surface area (Å²) >= 11 is 3.29. The first kappa shape index (κ1) is 16.0. The van der Waals surface area contributed by atoms with Gasteiger partial charge >= 0.3 is 5.97 Å². The highest BCUT2D eigenvalue weighted by Crippen LogP contribution is 2.26. The van der Waals surface area contributed by atoms with Crippen molar-refractivity contribution in [1.29, 1.82) is 0 Å². The zero-order valence-electron chi connectivity index (χ0n) is 12.1. The number of rotatable bonds is 4. The van der Waals surface area contributed by atoms with E-state index in [2.05, 4.69) is 43.3 Å². The lowest BCUT2D eigenvalue weighted by Gasteiger charge is -2.36. The highest BCUT2D eigenvalue weighted by atomic mass is 79.9. The summed E-state index contributed by atoms with van der Waals surface area (Å²) in [6.45, 7) is 3.80. The number of methoxy groups -OCH3 is 1. The van der Waals surface area contributed by atoms with Gasteiger partial charge in [-0.05, 0) is 48.8 Å². The van der Waals surface area contributed by atoms with Gasteiger partial charge in [0.05, 0.1) is 19.0 Å². The summed E-state index contributed by atoms with van der Waals surface area (Å²) in [7, 11) is 1.27. The van der Waals surface area contributed by atoms with Crippen LogP contribution in [-0.2, 0) is 16.1 Å². The number of piperidine rings is 1. The van der Waals surface area contributed by atoms with Crippen LogP contribution in [0.25, 0.3) is 0 Å². The molecular formula is C13H19BrN4O3. The lowest BCUT2D eigenvalue weighted by molar-refractivity contribution is -0.141. The fourth-order valence-electron chi connectivity index (χ4n) is 2.28. The van der Waals surface area contributed by atoms with Crippen LogP contribution >= 0.6 is 15.9 Å². The number of halogens is 1. The van der Waals surface area contributed by atoms with Gasteiger partial charge in [-0.15, -0.1) is 0 Å². The summed E-state index contributed by atoms with van der Waals surface area (Å²) in [5, 5.41) is 10.7. The van der Waals surface area contributed by atoms with Crippen molar-refractivity contribution in [2.45, 2.75) is 31.8 Å². The number of carbonyl (C=O) groups is 1. The monoisotopic (exact) mass is 358 g/mol.